The molecule has 0 saturated carbocycles. The van der Waals surface area contributed by atoms with E-state index >= 15 is 0 Å². The second-order valence-electron chi connectivity index (χ2n) is 7.24. The van der Waals surface area contributed by atoms with Crippen LogP contribution in [0.15, 0.2) is 0 Å². The minimum absolute atomic E-state index is 1.24. The number of hydrogen-bond acceptors (Lipinski definition) is 4. The van der Waals surface area contributed by atoms with Gasteiger partial charge in [0.2, 0.25) is 0 Å². The summed E-state index contributed by atoms with van der Waals surface area (Å²) in [5.74, 6) is 0. The number of nitrogens with zero attached hydrogens (tertiary/aromatic N) is 4. The number of likely N-dealkylation sites (N-methyl/N-ethyl adjacent to an activating group) is 1. The van der Waals surface area contributed by atoms with E-state index in [1.165, 1.54) is 104 Å². The Kier molecular flexibility index (Phi) is 8.75. The van der Waals surface area contributed by atoms with E-state index < -0.39 is 0 Å². The molecule has 0 N–H and O–H groups in total. The largest absolute Gasteiger partial charge is 0.305 e. The zero-order valence-electron chi connectivity index (χ0n) is 15.1. The zero-order chi connectivity index (χ0) is 15.6. The lowest BCUT2D eigenvalue weighted by Crippen LogP contribution is -2.46. The van der Waals surface area contributed by atoms with Crippen molar-refractivity contribution in [2.75, 3.05) is 79.0 Å². The molecule has 0 aliphatic carbocycles. The summed E-state index contributed by atoms with van der Waals surface area (Å²) in [4.78, 5) is 10.7. The molecular weight excluding hydrogens is 272 g/mol. The van der Waals surface area contributed by atoms with Crippen molar-refractivity contribution in [2.45, 2.75) is 39.0 Å². The third-order valence-corrected chi connectivity index (χ3v) is 5.30. The number of rotatable bonds is 4. The normalized spacial score (nSPS) is 30.3. The Morgan fingerprint density at radius 2 is 1.27 bits per heavy atom. The molecule has 22 heavy (non-hydrogen) atoms. The lowest BCUT2D eigenvalue weighted by atomic mass is 10.2. The van der Waals surface area contributed by atoms with Crippen molar-refractivity contribution in [2.24, 2.45) is 0 Å². The maximum absolute atomic E-state index is 2.73. The summed E-state index contributed by atoms with van der Waals surface area (Å²) in [6, 6.07) is 0. The lowest BCUT2D eigenvalue weighted by Gasteiger charge is -2.35. The van der Waals surface area contributed by atoms with Crippen molar-refractivity contribution >= 4 is 0 Å². The van der Waals surface area contributed by atoms with Gasteiger partial charge in [-0.25, -0.2) is 0 Å². The first-order valence-electron chi connectivity index (χ1n) is 9.63. The monoisotopic (exact) mass is 310 g/mol. The molecule has 0 spiro atoms. The van der Waals surface area contributed by atoms with Gasteiger partial charge >= 0.3 is 0 Å². The van der Waals surface area contributed by atoms with Gasteiger partial charge in [-0.15, -0.1) is 0 Å². The molecular formula is C18H38N4. The summed E-state index contributed by atoms with van der Waals surface area (Å²) in [6.45, 7) is 16.3. The van der Waals surface area contributed by atoms with E-state index in [2.05, 4.69) is 33.6 Å². The molecule has 0 aromatic rings. The van der Waals surface area contributed by atoms with E-state index in [-0.39, 0.29) is 0 Å². The van der Waals surface area contributed by atoms with Gasteiger partial charge in [0.25, 0.3) is 0 Å². The Balaban J connectivity index is 1.88. The van der Waals surface area contributed by atoms with Crippen LogP contribution in [-0.2, 0) is 0 Å². The summed E-state index contributed by atoms with van der Waals surface area (Å²) >= 11 is 0. The summed E-state index contributed by atoms with van der Waals surface area (Å²) in [5, 5.41) is 0. The Bertz CT molecular complexity index is 284. The third-order valence-electron chi connectivity index (χ3n) is 5.30. The summed E-state index contributed by atoms with van der Waals surface area (Å²) in [5.41, 5.74) is 0. The van der Waals surface area contributed by atoms with Crippen LogP contribution in [0.5, 0.6) is 0 Å². The molecule has 2 atom stereocenters. The van der Waals surface area contributed by atoms with Gasteiger partial charge in [0.15, 0.2) is 0 Å². The second kappa shape index (κ2) is 10.6. The zero-order valence-corrected chi connectivity index (χ0v) is 15.1. The van der Waals surface area contributed by atoms with Crippen molar-refractivity contribution < 1.29 is 0 Å². The molecule has 0 aromatic carbocycles. The van der Waals surface area contributed by atoms with Crippen LogP contribution in [0.25, 0.3) is 0 Å². The van der Waals surface area contributed by atoms with Crippen LogP contribution in [0.1, 0.15) is 39.0 Å². The highest BCUT2D eigenvalue weighted by Crippen LogP contribution is 2.06. The van der Waals surface area contributed by atoms with Crippen LogP contribution in [-0.4, -0.2) is 98.6 Å². The SMILES string of the molecule is CCCCCN1CCCN2CCN(C)CCCN(CC1)CC2. The molecule has 2 fully saturated rings. The van der Waals surface area contributed by atoms with Gasteiger partial charge in [-0.1, -0.05) is 19.8 Å². The van der Waals surface area contributed by atoms with Gasteiger partial charge < -0.3 is 19.6 Å². The average Bonchev–Trinajstić information content (AvgIpc) is 2.53. The molecule has 2 rings (SSSR count). The molecule has 0 amide bonds. The Labute approximate surface area is 138 Å². The molecule has 2 saturated heterocycles. The van der Waals surface area contributed by atoms with Crippen LogP contribution in [0.4, 0.5) is 0 Å². The van der Waals surface area contributed by atoms with Gasteiger partial charge in [0.05, 0.1) is 0 Å². The van der Waals surface area contributed by atoms with Crippen molar-refractivity contribution in [3.8, 4) is 0 Å². The number of unbranched alkanes of at least 4 members (excludes halogenated alkanes) is 2. The molecule has 2 bridgehead atoms. The van der Waals surface area contributed by atoms with Gasteiger partial charge in [0, 0.05) is 39.3 Å². The van der Waals surface area contributed by atoms with E-state index in [0.717, 1.165) is 0 Å². The highest BCUT2D eigenvalue weighted by molar-refractivity contribution is 4.73. The topological polar surface area (TPSA) is 13.0 Å². The average molecular weight is 311 g/mol. The fraction of sp³-hybridized carbons (Fsp3) is 1.00. The molecule has 0 aromatic heterocycles. The van der Waals surface area contributed by atoms with Crippen LogP contribution in [0, 0.1) is 0 Å². The molecule has 2 aliphatic heterocycles. The maximum atomic E-state index is 2.73. The van der Waals surface area contributed by atoms with E-state index in [9.17, 15) is 0 Å². The third kappa shape index (κ3) is 6.95. The van der Waals surface area contributed by atoms with Crippen LogP contribution < -0.4 is 0 Å². The van der Waals surface area contributed by atoms with Crippen molar-refractivity contribution in [1.82, 2.24) is 19.6 Å². The van der Waals surface area contributed by atoms with Gasteiger partial charge in [-0.3, -0.25) is 0 Å². The Morgan fingerprint density at radius 3 is 2.00 bits per heavy atom. The first-order chi connectivity index (χ1) is 10.8. The van der Waals surface area contributed by atoms with Crippen LogP contribution in [0.3, 0.4) is 0 Å². The van der Waals surface area contributed by atoms with E-state index in [4.69, 9.17) is 0 Å². The molecule has 2 aliphatic rings. The summed E-state index contributed by atoms with van der Waals surface area (Å²) in [6.07, 6.45) is 6.77. The number of hydrogen-bond donors (Lipinski definition) is 0. The van der Waals surface area contributed by atoms with Crippen molar-refractivity contribution in [3.05, 3.63) is 0 Å². The first kappa shape index (κ1) is 18.2. The molecule has 0 radical (unpaired) electrons. The Hall–Kier alpha value is -0.160. The maximum Gasteiger partial charge on any atom is 0.0110 e. The van der Waals surface area contributed by atoms with Crippen molar-refractivity contribution in [3.63, 3.8) is 0 Å². The second-order valence-corrected chi connectivity index (χ2v) is 7.24. The van der Waals surface area contributed by atoms with Crippen LogP contribution in [0.2, 0.25) is 0 Å². The first-order valence-corrected chi connectivity index (χ1v) is 9.63. The minimum atomic E-state index is 1.24. The summed E-state index contributed by atoms with van der Waals surface area (Å²) < 4.78 is 0. The lowest BCUT2D eigenvalue weighted by molar-refractivity contribution is 0.126. The quantitative estimate of drug-likeness (QED) is 0.734. The highest BCUT2D eigenvalue weighted by atomic mass is 15.3. The van der Waals surface area contributed by atoms with E-state index in [1.54, 1.807) is 0 Å². The highest BCUT2D eigenvalue weighted by Gasteiger charge is 2.16. The number of fused-ring (bicyclic) bond motifs is 3. The van der Waals surface area contributed by atoms with Crippen LogP contribution >= 0.6 is 0 Å². The fourth-order valence-corrected chi connectivity index (χ4v) is 3.66. The van der Waals surface area contributed by atoms with Gasteiger partial charge in [-0.2, -0.15) is 0 Å². The fourth-order valence-electron chi connectivity index (χ4n) is 3.66. The molecule has 2 unspecified atom stereocenters. The molecule has 130 valence electrons. The standard InChI is InChI=1S/C18H38N4/c1-3-4-5-9-20-11-7-12-21-14-13-19(2)8-6-10-22(16-15-20)18-17-21/h3-18H2,1-2H3. The van der Waals surface area contributed by atoms with E-state index in [1.807, 2.05) is 0 Å². The predicted octanol–water partition coefficient (Wildman–Crippen LogP) is 1.82. The van der Waals surface area contributed by atoms with Gasteiger partial charge in [-0.05, 0) is 59.0 Å². The minimum Gasteiger partial charge on any atom is -0.305 e. The Morgan fingerprint density at radius 1 is 0.636 bits per heavy atom. The van der Waals surface area contributed by atoms with Crippen molar-refractivity contribution in [1.29, 1.82) is 0 Å². The van der Waals surface area contributed by atoms with E-state index in [0.29, 0.717) is 0 Å². The summed E-state index contributed by atoms with van der Waals surface area (Å²) in [7, 11) is 2.28. The molecule has 4 heteroatoms. The predicted molar refractivity (Wildman–Crippen MR) is 95.6 cm³/mol. The molecule has 2 heterocycles. The smallest absolute Gasteiger partial charge is 0.0110 e. The van der Waals surface area contributed by atoms with Gasteiger partial charge in [0.1, 0.15) is 0 Å². The molecule has 4 nitrogen and oxygen atoms in total.